The lowest BCUT2D eigenvalue weighted by Gasteiger charge is -2.16. The third kappa shape index (κ3) is 4.38. The molecule has 122 valence electrons. The summed E-state index contributed by atoms with van der Waals surface area (Å²) in [5.74, 6) is -1.47. The zero-order valence-electron chi connectivity index (χ0n) is 12.5. The molecule has 7 heteroatoms. The predicted octanol–water partition coefficient (Wildman–Crippen LogP) is 4.05. The molecule has 1 amide bonds. The molecule has 23 heavy (non-hydrogen) atoms. The first-order valence-electron chi connectivity index (χ1n) is 6.70. The summed E-state index contributed by atoms with van der Waals surface area (Å²) in [6, 6.07) is 13.0. The van der Waals surface area contributed by atoms with E-state index in [0.717, 1.165) is 5.69 Å². The van der Waals surface area contributed by atoms with Crippen LogP contribution in [0.4, 0.5) is 24.5 Å². The van der Waals surface area contributed by atoms with Gasteiger partial charge in [0.05, 0.1) is 5.69 Å². The maximum atomic E-state index is 12.4. The highest BCUT2D eigenvalue weighted by atomic mass is 19.4. The summed E-state index contributed by atoms with van der Waals surface area (Å²) in [7, 11) is 3.72. The molecular weight excluding hydrogens is 309 g/mol. The van der Waals surface area contributed by atoms with Crippen LogP contribution in [0.1, 0.15) is 0 Å². The number of nitrogens with zero attached hydrogens (tertiary/aromatic N) is 1. The van der Waals surface area contributed by atoms with Crippen molar-refractivity contribution in [2.75, 3.05) is 24.3 Å². The van der Waals surface area contributed by atoms with Crippen molar-refractivity contribution in [3.8, 4) is 11.5 Å². The van der Waals surface area contributed by atoms with Gasteiger partial charge in [0.2, 0.25) is 0 Å². The number of amides is 1. The fourth-order valence-corrected chi connectivity index (χ4v) is 1.80. The SMILES string of the molecule is CN(C)c1cccc(Oc2ccccc2NC(=O)C(F)(F)F)c1. The zero-order chi connectivity index (χ0) is 17.0. The second-order valence-electron chi connectivity index (χ2n) is 4.94. The Hall–Kier alpha value is -2.70. The van der Waals surface area contributed by atoms with Crippen molar-refractivity contribution in [1.82, 2.24) is 0 Å². The van der Waals surface area contributed by atoms with Gasteiger partial charge in [-0.05, 0) is 24.3 Å². The number of benzene rings is 2. The molecule has 4 nitrogen and oxygen atoms in total. The van der Waals surface area contributed by atoms with Crippen LogP contribution in [0.2, 0.25) is 0 Å². The van der Waals surface area contributed by atoms with Crippen LogP contribution >= 0.6 is 0 Å². The number of carbonyl (C=O) groups is 1. The maximum absolute atomic E-state index is 12.4. The molecule has 1 N–H and O–H groups in total. The Morgan fingerprint density at radius 1 is 1.09 bits per heavy atom. The molecule has 0 fully saturated rings. The first-order valence-corrected chi connectivity index (χ1v) is 6.70. The van der Waals surface area contributed by atoms with Crippen LogP contribution in [0.5, 0.6) is 11.5 Å². The van der Waals surface area contributed by atoms with Gasteiger partial charge in [0.25, 0.3) is 0 Å². The Kier molecular flexibility index (Phi) is 4.78. The largest absolute Gasteiger partial charge is 0.471 e. The van der Waals surface area contributed by atoms with E-state index in [-0.39, 0.29) is 11.4 Å². The van der Waals surface area contributed by atoms with E-state index in [9.17, 15) is 18.0 Å². The highest BCUT2D eigenvalue weighted by Gasteiger charge is 2.39. The van der Waals surface area contributed by atoms with Crippen LogP contribution in [0.15, 0.2) is 48.5 Å². The van der Waals surface area contributed by atoms with E-state index in [1.807, 2.05) is 30.4 Å². The summed E-state index contributed by atoms with van der Waals surface area (Å²) in [6.07, 6.45) is -4.96. The number of anilines is 2. The van der Waals surface area contributed by atoms with Gasteiger partial charge >= 0.3 is 12.1 Å². The number of ether oxygens (including phenoxy) is 1. The van der Waals surface area contributed by atoms with E-state index >= 15 is 0 Å². The van der Waals surface area contributed by atoms with E-state index in [4.69, 9.17) is 4.74 Å². The molecule has 0 spiro atoms. The van der Waals surface area contributed by atoms with Crippen molar-refractivity contribution in [1.29, 1.82) is 0 Å². The van der Waals surface area contributed by atoms with Crippen molar-refractivity contribution in [3.63, 3.8) is 0 Å². The van der Waals surface area contributed by atoms with Crippen molar-refractivity contribution >= 4 is 17.3 Å². The zero-order valence-corrected chi connectivity index (χ0v) is 12.5. The number of alkyl halides is 3. The first-order chi connectivity index (χ1) is 10.8. The van der Waals surface area contributed by atoms with Gasteiger partial charge in [-0.15, -0.1) is 0 Å². The predicted molar refractivity (Wildman–Crippen MR) is 82.0 cm³/mol. The quantitative estimate of drug-likeness (QED) is 0.922. The van der Waals surface area contributed by atoms with Crippen molar-refractivity contribution in [3.05, 3.63) is 48.5 Å². The minimum Gasteiger partial charge on any atom is -0.455 e. The summed E-state index contributed by atoms with van der Waals surface area (Å²) in [6.45, 7) is 0. The molecule has 0 aliphatic rings. The van der Waals surface area contributed by atoms with E-state index in [0.29, 0.717) is 5.75 Å². The molecule has 0 aliphatic heterocycles. The Morgan fingerprint density at radius 2 is 1.78 bits per heavy atom. The van der Waals surface area contributed by atoms with Crippen molar-refractivity contribution in [2.45, 2.75) is 6.18 Å². The second-order valence-corrected chi connectivity index (χ2v) is 4.94. The standard InChI is InChI=1S/C16H15F3N2O2/c1-21(2)11-6-5-7-12(10-11)23-14-9-4-3-8-13(14)20-15(22)16(17,18)19/h3-10H,1-2H3,(H,20,22). The monoisotopic (exact) mass is 324 g/mol. The summed E-state index contributed by atoms with van der Waals surface area (Å²) in [5, 5.41) is 1.81. The van der Waals surface area contributed by atoms with Gasteiger partial charge in [-0.1, -0.05) is 18.2 Å². The molecular formula is C16H15F3N2O2. The van der Waals surface area contributed by atoms with E-state index < -0.39 is 12.1 Å². The number of carbonyl (C=O) groups excluding carboxylic acids is 1. The van der Waals surface area contributed by atoms with Crippen LogP contribution < -0.4 is 15.0 Å². The van der Waals surface area contributed by atoms with Gasteiger partial charge in [0, 0.05) is 25.8 Å². The smallest absolute Gasteiger partial charge is 0.455 e. The molecule has 0 unspecified atom stereocenters. The fourth-order valence-electron chi connectivity index (χ4n) is 1.80. The van der Waals surface area contributed by atoms with E-state index in [2.05, 4.69) is 0 Å². The average Bonchev–Trinajstić information content (AvgIpc) is 2.48. The number of rotatable bonds is 4. The molecule has 2 aromatic carbocycles. The second kappa shape index (κ2) is 6.60. The molecule has 2 rings (SSSR count). The van der Waals surface area contributed by atoms with Crippen LogP contribution in [0, 0.1) is 0 Å². The molecule has 0 heterocycles. The Morgan fingerprint density at radius 3 is 2.43 bits per heavy atom. The number of para-hydroxylation sites is 2. The van der Waals surface area contributed by atoms with Gasteiger partial charge in [-0.25, -0.2) is 0 Å². The Balaban J connectivity index is 2.24. The van der Waals surface area contributed by atoms with Gasteiger partial charge in [-0.2, -0.15) is 13.2 Å². The number of hydrogen-bond acceptors (Lipinski definition) is 3. The Bertz CT molecular complexity index is 700. The Labute approximate surface area is 131 Å². The van der Waals surface area contributed by atoms with Crippen LogP contribution in [-0.4, -0.2) is 26.2 Å². The van der Waals surface area contributed by atoms with Crippen LogP contribution in [0.25, 0.3) is 0 Å². The lowest BCUT2D eigenvalue weighted by atomic mass is 10.2. The minimum absolute atomic E-state index is 0.0509. The summed E-state index contributed by atoms with van der Waals surface area (Å²) >= 11 is 0. The number of nitrogens with one attached hydrogen (secondary N) is 1. The normalized spacial score (nSPS) is 11.0. The highest BCUT2D eigenvalue weighted by Crippen LogP contribution is 2.32. The fraction of sp³-hybridized carbons (Fsp3) is 0.188. The molecule has 0 radical (unpaired) electrons. The maximum Gasteiger partial charge on any atom is 0.471 e. The lowest BCUT2D eigenvalue weighted by Crippen LogP contribution is -2.30. The van der Waals surface area contributed by atoms with Crippen LogP contribution in [0.3, 0.4) is 0 Å². The van der Waals surface area contributed by atoms with E-state index in [1.54, 1.807) is 24.3 Å². The van der Waals surface area contributed by atoms with E-state index in [1.165, 1.54) is 18.2 Å². The lowest BCUT2D eigenvalue weighted by molar-refractivity contribution is -0.167. The van der Waals surface area contributed by atoms with Gasteiger partial charge < -0.3 is 15.0 Å². The minimum atomic E-state index is -4.96. The van der Waals surface area contributed by atoms with Gasteiger partial charge in [-0.3, -0.25) is 4.79 Å². The number of halogens is 3. The molecule has 0 aliphatic carbocycles. The van der Waals surface area contributed by atoms with Crippen LogP contribution in [-0.2, 0) is 4.79 Å². The average molecular weight is 324 g/mol. The topological polar surface area (TPSA) is 41.6 Å². The van der Waals surface area contributed by atoms with Gasteiger partial charge in [0.15, 0.2) is 5.75 Å². The molecule has 0 saturated carbocycles. The highest BCUT2D eigenvalue weighted by molar-refractivity contribution is 5.96. The van der Waals surface area contributed by atoms with Gasteiger partial charge in [0.1, 0.15) is 5.75 Å². The molecule has 2 aromatic rings. The summed E-state index contributed by atoms with van der Waals surface area (Å²) in [4.78, 5) is 12.9. The van der Waals surface area contributed by atoms with Crippen molar-refractivity contribution in [2.24, 2.45) is 0 Å². The molecule has 0 aromatic heterocycles. The van der Waals surface area contributed by atoms with Crippen molar-refractivity contribution < 1.29 is 22.7 Å². The molecule has 0 bridgehead atoms. The molecule has 0 saturated heterocycles. The summed E-state index contributed by atoms with van der Waals surface area (Å²) in [5.41, 5.74) is 0.824. The third-order valence-electron chi connectivity index (χ3n) is 2.95. The number of hydrogen-bond donors (Lipinski definition) is 1. The summed E-state index contributed by atoms with van der Waals surface area (Å²) < 4.78 is 42.7. The first kappa shape index (κ1) is 16.7. The molecule has 0 atom stereocenters. The third-order valence-corrected chi connectivity index (χ3v) is 2.95.